The molecule has 3 heterocycles. The van der Waals surface area contributed by atoms with Gasteiger partial charge in [0.2, 0.25) is 0 Å². The molecule has 0 unspecified atom stereocenters. The fourth-order valence-electron chi connectivity index (χ4n) is 7.69. The SMILES string of the molecule is CC(C)(C)c1cc(Oc2[c-]c3c(cc2)c2ccc(C#N)cc2n3-c2cc(C(C)(C)C)ccn2)[c-]c(-c2cn(-c3c(-c4ccccc4)cccc3-c3ccccc3)cn2)c1.[Pt+2]. The van der Waals surface area contributed by atoms with Gasteiger partial charge >= 0.3 is 21.1 Å². The molecule has 9 aromatic rings. The monoisotopic (exact) mass is 960 g/mol. The number of nitrogens with zero attached hydrogens (tertiary/aromatic N) is 5. The van der Waals surface area contributed by atoms with Crippen LogP contribution in [0.5, 0.6) is 11.5 Å². The molecule has 7 heteroatoms. The van der Waals surface area contributed by atoms with Gasteiger partial charge in [-0.2, -0.15) is 11.3 Å². The van der Waals surface area contributed by atoms with Crippen LogP contribution in [0, 0.1) is 23.5 Å². The number of para-hydroxylation sites is 1. The normalized spacial score (nSPS) is 11.7. The standard InChI is InChI=1S/C53H43N5O.Pt/c1-52(2,3)39-24-25-55-50(30-39)58-48-26-35(32-54)20-22-45(48)46-23-21-41(31-49(46)58)59-42-28-38(27-40(29-42)53(4,5)6)47-33-57(34-56-47)51-43(36-14-9-7-10-15-36)18-13-19-44(51)37-16-11-8-12-17-37;/h7-27,29-30,33-34H,1-6H3;/q-2;+2. The molecule has 296 valence electrons. The maximum atomic E-state index is 9.84. The van der Waals surface area contributed by atoms with E-state index in [1.807, 2.05) is 48.9 Å². The molecule has 6 nitrogen and oxygen atoms in total. The minimum atomic E-state index is -0.187. The zero-order valence-corrected chi connectivity index (χ0v) is 36.7. The molecule has 0 aliphatic rings. The van der Waals surface area contributed by atoms with Gasteiger partial charge < -0.3 is 13.9 Å². The van der Waals surface area contributed by atoms with Crippen molar-refractivity contribution in [3.8, 4) is 62.6 Å². The molecule has 0 atom stereocenters. The Morgan fingerprint density at radius 1 is 0.633 bits per heavy atom. The Morgan fingerprint density at radius 2 is 1.30 bits per heavy atom. The van der Waals surface area contributed by atoms with Crippen LogP contribution in [-0.4, -0.2) is 19.1 Å². The van der Waals surface area contributed by atoms with E-state index in [0.717, 1.165) is 77.9 Å². The number of pyridine rings is 1. The van der Waals surface area contributed by atoms with Gasteiger partial charge in [0.05, 0.1) is 23.6 Å². The number of rotatable bonds is 7. The van der Waals surface area contributed by atoms with Gasteiger partial charge in [-0.1, -0.05) is 144 Å². The molecule has 0 saturated carbocycles. The topological polar surface area (TPSA) is 68.7 Å². The van der Waals surface area contributed by atoms with Crippen LogP contribution in [0.3, 0.4) is 0 Å². The molecular weight excluding hydrogens is 918 g/mol. The van der Waals surface area contributed by atoms with Crippen molar-refractivity contribution in [1.29, 1.82) is 5.26 Å². The summed E-state index contributed by atoms with van der Waals surface area (Å²) in [6.07, 6.45) is 5.82. The van der Waals surface area contributed by atoms with Gasteiger partial charge in [-0.3, -0.25) is 4.98 Å². The van der Waals surface area contributed by atoms with E-state index in [2.05, 4.69) is 172 Å². The number of ether oxygens (including phenoxy) is 1. The minimum absolute atomic E-state index is 0. The first-order valence-corrected chi connectivity index (χ1v) is 19.9. The predicted molar refractivity (Wildman–Crippen MR) is 238 cm³/mol. The van der Waals surface area contributed by atoms with Gasteiger partial charge in [0, 0.05) is 40.0 Å². The molecule has 0 fully saturated rings. The molecule has 6 aromatic carbocycles. The van der Waals surface area contributed by atoms with Crippen LogP contribution in [0.25, 0.3) is 66.8 Å². The summed E-state index contributed by atoms with van der Waals surface area (Å²) in [6.45, 7) is 13.2. The second kappa shape index (κ2) is 15.9. The van der Waals surface area contributed by atoms with Gasteiger partial charge in [0.1, 0.15) is 5.82 Å². The van der Waals surface area contributed by atoms with Gasteiger partial charge in [0.25, 0.3) is 0 Å². The summed E-state index contributed by atoms with van der Waals surface area (Å²) in [5.41, 5.74) is 11.4. The van der Waals surface area contributed by atoms with E-state index in [-0.39, 0.29) is 31.9 Å². The maximum Gasteiger partial charge on any atom is 2.00 e. The summed E-state index contributed by atoms with van der Waals surface area (Å²) >= 11 is 0. The minimum Gasteiger partial charge on any atom is -0.503 e. The smallest absolute Gasteiger partial charge is 0.503 e. The average molecular weight is 961 g/mol. The first-order valence-electron chi connectivity index (χ1n) is 19.9. The molecular formula is C53H43N5OPt. The Hall–Kier alpha value is -6.54. The van der Waals surface area contributed by atoms with E-state index in [1.165, 1.54) is 0 Å². The Kier molecular flexibility index (Phi) is 10.7. The van der Waals surface area contributed by atoms with E-state index in [9.17, 15) is 5.26 Å². The van der Waals surface area contributed by atoms with Crippen LogP contribution in [0.4, 0.5) is 0 Å². The average Bonchev–Trinajstić information content (AvgIpc) is 3.86. The zero-order chi connectivity index (χ0) is 40.9. The number of imidazole rings is 1. The molecule has 0 saturated heterocycles. The zero-order valence-electron chi connectivity index (χ0n) is 34.4. The Bertz CT molecular complexity index is 2990. The summed E-state index contributed by atoms with van der Waals surface area (Å²) in [5.74, 6) is 1.86. The van der Waals surface area contributed by atoms with Crippen molar-refractivity contribution in [2.45, 2.75) is 52.4 Å². The molecule has 9 rings (SSSR count). The number of hydrogen-bond donors (Lipinski definition) is 0. The molecule has 0 radical (unpaired) electrons. The van der Waals surface area contributed by atoms with Gasteiger partial charge in [-0.25, -0.2) is 4.98 Å². The summed E-state index contributed by atoms with van der Waals surface area (Å²) < 4.78 is 10.9. The van der Waals surface area contributed by atoms with Crippen LogP contribution in [-0.2, 0) is 31.9 Å². The van der Waals surface area contributed by atoms with Crippen LogP contribution in [0.2, 0.25) is 0 Å². The quantitative estimate of drug-likeness (QED) is 0.149. The van der Waals surface area contributed by atoms with Crippen molar-refractivity contribution < 1.29 is 25.8 Å². The Labute approximate surface area is 366 Å². The number of fused-ring (bicyclic) bond motifs is 3. The molecule has 0 bridgehead atoms. The van der Waals surface area contributed by atoms with E-state index >= 15 is 0 Å². The third-order valence-corrected chi connectivity index (χ3v) is 10.9. The van der Waals surface area contributed by atoms with Crippen LogP contribution in [0.15, 0.2) is 152 Å². The van der Waals surface area contributed by atoms with Gasteiger partial charge in [-0.05, 0) is 63.4 Å². The maximum absolute atomic E-state index is 9.84. The van der Waals surface area contributed by atoms with Crippen LogP contribution in [0.1, 0.15) is 58.2 Å². The molecule has 60 heavy (non-hydrogen) atoms. The second-order valence-electron chi connectivity index (χ2n) is 17.0. The number of aromatic nitrogens is 4. The third-order valence-electron chi connectivity index (χ3n) is 10.9. The third kappa shape index (κ3) is 7.70. The van der Waals surface area contributed by atoms with E-state index in [4.69, 9.17) is 14.7 Å². The second-order valence-corrected chi connectivity index (χ2v) is 17.0. The van der Waals surface area contributed by atoms with Crippen molar-refractivity contribution >= 4 is 21.8 Å². The van der Waals surface area contributed by atoms with Crippen molar-refractivity contribution in [1.82, 2.24) is 19.1 Å². The summed E-state index contributed by atoms with van der Waals surface area (Å²) in [6, 6.07) is 55.0. The predicted octanol–water partition coefficient (Wildman–Crippen LogP) is 13.2. The Morgan fingerprint density at radius 3 is 1.95 bits per heavy atom. The fourth-order valence-corrected chi connectivity index (χ4v) is 7.69. The summed E-state index contributed by atoms with van der Waals surface area (Å²) in [5, 5.41) is 11.8. The van der Waals surface area contributed by atoms with Gasteiger partial charge in [0.15, 0.2) is 0 Å². The first-order chi connectivity index (χ1) is 28.4. The molecule has 3 aromatic heterocycles. The molecule has 0 aliphatic carbocycles. The molecule has 0 N–H and O–H groups in total. The van der Waals surface area contributed by atoms with E-state index in [0.29, 0.717) is 17.1 Å². The Balaban J connectivity index is 0.00000499. The van der Waals surface area contributed by atoms with Crippen LogP contribution >= 0.6 is 0 Å². The van der Waals surface area contributed by atoms with Crippen LogP contribution < -0.4 is 4.74 Å². The number of hydrogen-bond acceptors (Lipinski definition) is 4. The number of nitriles is 1. The molecule has 0 amide bonds. The van der Waals surface area contributed by atoms with Crippen molar-refractivity contribution in [2.24, 2.45) is 0 Å². The summed E-state index contributed by atoms with van der Waals surface area (Å²) in [7, 11) is 0. The van der Waals surface area contributed by atoms with E-state index in [1.54, 1.807) is 0 Å². The molecule has 0 spiro atoms. The summed E-state index contributed by atoms with van der Waals surface area (Å²) in [4.78, 5) is 9.81. The fraction of sp³-hybridized carbons (Fsp3) is 0.151. The largest absolute Gasteiger partial charge is 2.00 e. The van der Waals surface area contributed by atoms with Gasteiger partial charge in [-0.15, -0.1) is 34.7 Å². The van der Waals surface area contributed by atoms with Crippen molar-refractivity contribution in [3.05, 3.63) is 181 Å². The number of benzene rings is 6. The van der Waals surface area contributed by atoms with Crippen molar-refractivity contribution in [2.75, 3.05) is 0 Å². The molecule has 0 aliphatic heterocycles. The first kappa shape index (κ1) is 40.2. The van der Waals surface area contributed by atoms with E-state index < -0.39 is 0 Å². The van der Waals surface area contributed by atoms with Crippen molar-refractivity contribution in [3.63, 3.8) is 0 Å².